The van der Waals surface area contributed by atoms with Crippen LogP contribution in [0.25, 0.3) is 0 Å². The first-order chi connectivity index (χ1) is 39.0. The fourth-order valence-electron chi connectivity index (χ4n) is 11.2. The standard InChI is InChI=1S/C73H139NO5/c1-3-5-7-9-11-13-15-17-19-20-21-28-31-34-38-41-45-49-53-57-61-65-71(76)70(69-75)74-72(77)66-62-58-54-50-46-42-39-35-32-29-26-24-22-23-25-27-30-33-36-40-44-48-52-56-60-64-68-79-73(78)67-63-59-55-51-47-43-37-18-16-14-12-10-8-6-4-2/h12,14,18,22,24,37,70-71,75-76H,3-11,13,15-17,19-21,23,25-36,38-69H2,1-2H3,(H,74,77)/b14-12-,24-22-,37-18-. The van der Waals surface area contributed by atoms with Gasteiger partial charge in [0.1, 0.15) is 0 Å². The number of amides is 1. The van der Waals surface area contributed by atoms with Crippen molar-refractivity contribution < 1.29 is 24.5 Å². The zero-order valence-electron chi connectivity index (χ0n) is 53.4. The average molecular weight is 1110 g/mol. The lowest BCUT2D eigenvalue weighted by Gasteiger charge is -2.22. The number of aliphatic hydroxyl groups excluding tert-OH is 2. The summed E-state index contributed by atoms with van der Waals surface area (Å²) in [6, 6.07) is -0.544. The first-order valence-corrected chi connectivity index (χ1v) is 35.7. The normalized spacial score (nSPS) is 12.7. The van der Waals surface area contributed by atoms with Crippen molar-refractivity contribution in [2.24, 2.45) is 0 Å². The maximum Gasteiger partial charge on any atom is 0.305 e. The third kappa shape index (κ3) is 65.1. The van der Waals surface area contributed by atoms with Crippen molar-refractivity contribution in [3.05, 3.63) is 36.5 Å². The highest BCUT2D eigenvalue weighted by Gasteiger charge is 2.20. The molecule has 0 aliphatic carbocycles. The molecule has 0 aliphatic rings. The van der Waals surface area contributed by atoms with E-state index >= 15 is 0 Å². The maximum atomic E-state index is 12.5. The summed E-state index contributed by atoms with van der Waals surface area (Å²) in [6.45, 7) is 4.95. The number of ether oxygens (including phenoxy) is 1. The maximum absolute atomic E-state index is 12.5. The molecule has 0 fully saturated rings. The van der Waals surface area contributed by atoms with E-state index in [0.29, 0.717) is 25.9 Å². The molecule has 0 aromatic heterocycles. The number of carbonyl (C=O) groups is 2. The van der Waals surface area contributed by atoms with Gasteiger partial charge in [0.25, 0.3) is 0 Å². The Bertz CT molecular complexity index is 1280. The molecule has 3 N–H and O–H groups in total. The Hall–Kier alpha value is -1.92. The number of rotatable bonds is 67. The van der Waals surface area contributed by atoms with E-state index in [-0.39, 0.29) is 18.5 Å². The van der Waals surface area contributed by atoms with Crippen LogP contribution in [0.4, 0.5) is 0 Å². The van der Waals surface area contributed by atoms with Crippen LogP contribution in [0.1, 0.15) is 393 Å². The van der Waals surface area contributed by atoms with E-state index in [0.717, 1.165) is 51.4 Å². The molecule has 0 aromatic rings. The van der Waals surface area contributed by atoms with E-state index in [9.17, 15) is 19.8 Å². The molecule has 79 heavy (non-hydrogen) atoms. The van der Waals surface area contributed by atoms with Crippen molar-refractivity contribution in [2.75, 3.05) is 13.2 Å². The van der Waals surface area contributed by atoms with E-state index in [2.05, 4.69) is 55.6 Å². The van der Waals surface area contributed by atoms with Crippen molar-refractivity contribution >= 4 is 11.9 Å². The second kappa shape index (κ2) is 68.6. The molecule has 0 heterocycles. The van der Waals surface area contributed by atoms with Gasteiger partial charge in [0.05, 0.1) is 25.4 Å². The SMILES string of the molecule is CCCCC/C=C\C/C=C\CCCCCCCC(=O)OCCCCCCCCCCCCCC/C=C\CCCCCCCCCCCCC(=O)NC(CO)C(O)CCCCCCCCCCCCCCCCCCCCCCC. The van der Waals surface area contributed by atoms with Crippen LogP contribution < -0.4 is 5.32 Å². The van der Waals surface area contributed by atoms with Crippen molar-refractivity contribution in [2.45, 2.75) is 405 Å². The Morgan fingerprint density at radius 2 is 0.633 bits per heavy atom. The van der Waals surface area contributed by atoms with Gasteiger partial charge in [0.2, 0.25) is 5.91 Å². The summed E-state index contributed by atoms with van der Waals surface area (Å²) >= 11 is 0. The van der Waals surface area contributed by atoms with Crippen molar-refractivity contribution in [1.82, 2.24) is 5.32 Å². The lowest BCUT2D eigenvalue weighted by molar-refractivity contribution is -0.143. The Morgan fingerprint density at radius 1 is 0.354 bits per heavy atom. The van der Waals surface area contributed by atoms with Gasteiger partial charge in [-0.2, -0.15) is 0 Å². The van der Waals surface area contributed by atoms with Crippen molar-refractivity contribution in [1.29, 1.82) is 0 Å². The number of allylic oxidation sites excluding steroid dienone is 6. The Balaban J connectivity index is 3.40. The zero-order chi connectivity index (χ0) is 57.1. The minimum Gasteiger partial charge on any atom is -0.466 e. The summed E-state index contributed by atoms with van der Waals surface area (Å²) in [7, 11) is 0. The fourth-order valence-corrected chi connectivity index (χ4v) is 11.2. The van der Waals surface area contributed by atoms with Gasteiger partial charge < -0.3 is 20.3 Å². The number of esters is 1. The van der Waals surface area contributed by atoms with E-state index in [4.69, 9.17) is 4.74 Å². The molecule has 466 valence electrons. The van der Waals surface area contributed by atoms with E-state index in [1.54, 1.807) is 0 Å². The highest BCUT2D eigenvalue weighted by atomic mass is 16.5. The van der Waals surface area contributed by atoms with Crippen LogP contribution in [0.3, 0.4) is 0 Å². The van der Waals surface area contributed by atoms with Crippen LogP contribution in [-0.4, -0.2) is 47.4 Å². The highest BCUT2D eigenvalue weighted by molar-refractivity contribution is 5.76. The quantitative estimate of drug-likeness (QED) is 0.0320. The Labute approximate surface area is 494 Å². The van der Waals surface area contributed by atoms with E-state index in [1.165, 1.54) is 308 Å². The van der Waals surface area contributed by atoms with Crippen LogP contribution >= 0.6 is 0 Å². The van der Waals surface area contributed by atoms with Gasteiger partial charge in [-0.15, -0.1) is 0 Å². The van der Waals surface area contributed by atoms with Gasteiger partial charge >= 0.3 is 5.97 Å². The molecule has 0 saturated carbocycles. The summed E-state index contributed by atoms with van der Waals surface area (Å²) in [6.07, 6.45) is 87.6. The van der Waals surface area contributed by atoms with Gasteiger partial charge in [0, 0.05) is 12.8 Å². The van der Waals surface area contributed by atoms with Crippen LogP contribution in [0.2, 0.25) is 0 Å². The minimum absolute atomic E-state index is 0.000840. The molecule has 0 bridgehead atoms. The summed E-state index contributed by atoms with van der Waals surface area (Å²) < 4.78 is 5.48. The molecule has 0 saturated heterocycles. The summed E-state index contributed by atoms with van der Waals surface area (Å²) in [5.74, 6) is -0.0321. The number of unbranched alkanes of at least 4 members (excludes halogenated alkanes) is 50. The molecule has 1 amide bonds. The lowest BCUT2D eigenvalue weighted by Crippen LogP contribution is -2.45. The molecule has 6 nitrogen and oxygen atoms in total. The highest BCUT2D eigenvalue weighted by Crippen LogP contribution is 2.19. The summed E-state index contributed by atoms with van der Waals surface area (Å²) in [5.41, 5.74) is 0. The van der Waals surface area contributed by atoms with Gasteiger partial charge in [0.15, 0.2) is 0 Å². The van der Waals surface area contributed by atoms with Gasteiger partial charge in [-0.25, -0.2) is 0 Å². The molecular weight excluding hydrogens is 971 g/mol. The van der Waals surface area contributed by atoms with E-state index in [1.807, 2.05) is 0 Å². The largest absolute Gasteiger partial charge is 0.466 e. The van der Waals surface area contributed by atoms with Crippen LogP contribution in [0, 0.1) is 0 Å². The third-order valence-electron chi connectivity index (χ3n) is 16.7. The number of hydrogen-bond donors (Lipinski definition) is 3. The predicted octanol–water partition coefficient (Wildman–Crippen LogP) is 23.1. The molecule has 2 unspecified atom stereocenters. The van der Waals surface area contributed by atoms with Crippen LogP contribution in [-0.2, 0) is 14.3 Å². The molecule has 0 aromatic carbocycles. The zero-order valence-corrected chi connectivity index (χ0v) is 53.4. The first-order valence-electron chi connectivity index (χ1n) is 35.7. The van der Waals surface area contributed by atoms with Gasteiger partial charge in [-0.1, -0.05) is 333 Å². The predicted molar refractivity (Wildman–Crippen MR) is 347 cm³/mol. The average Bonchev–Trinajstić information content (AvgIpc) is 3.45. The van der Waals surface area contributed by atoms with Crippen LogP contribution in [0.15, 0.2) is 36.5 Å². The van der Waals surface area contributed by atoms with Crippen molar-refractivity contribution in [3.63, 3.8) is 0 Å². The molecule has 2 atom stereocenters. The van der Waals surface area contributed by atoms with Gasteiger partial charge in [-0.05, 0) is 83.5 Å². The monoisotopic (exact) mass is 1110 g/mol. The van der Waals surface area contributed by atoms with Crippen molar-refractivity contribution in [3.8, 4) is 0 Å². The van der Waals surface area contributed by atoms with Gasteiger partial charge in [-0.3, -0.25) is 9.59 Å². The summed E-state index contributed by atoms with van der Waals surface area (Å²) in [4.78, 5) is 24.6. The molecule has 6 heteroatoms. The third-order valence-corrected chi connectivity index (χ3v) is 16.7. The number of carbonyl (C=O) groups excluding carboxylic acids is 2. The molecule has 0 spiro atoms. The molecular formula is C73H139NO5. The smallest absolute Gasteiger partial charge is 0.305 e. The second-order valence-electron chi connectivity index (χ2n) is 24.6. The fraction of sp³-hybridized carbons (Fsp3) is 0.890. The minimum atomic E-state index is -0.667. The Morgan fingerprint density at radius 3 is 1.00 bits per heavy atom. The second-order valence-corrected chi connectivity index (χ2v) is 24.6. The molecule has 0 aliphatic heterocycles. The topological polar surface area (TPSA) is 95.9 Å². The summed E-state index contributed by atoms with van der Waals surface area (Å²) in [5, 5.41) is 23.4. The number of nitrogens with one attached hydrogen (secondary N) is 1. The molecule has 0 radical (unpaired) electrons. The Kier molecular flexibility index (Phi) is 66.9. The number of aliphatic hydroxyl groups is 2. The van der Waals surface area contributed by atoms with E-state index < -0.39 is 12.1 Å². The molecule has 0 rings (SSSR count). The number of hydrogen-bond acceptors (Lipinski definition) is 5. The lowest BCUT2D eigenvalue weighted by atomic mass is 10.0. The first kappa shape index (κ1) is 77.1. The van der Waals surface area contributed by atoms with Crippen LogP contribution in [0.5, 0.6) is 0 Å².